The molecule has 1 aliphatic carbocycles. The molecule has 1 heterocycles. The molecule has 2 aromatic carbocycles. The maximum Gasteiger partial charge on any atom is 0.326 e. The Morgan fingerprint density at radius 3 is 2.50 bits per heavy atom. The zero-order chi connectivity index (χ0) is 30.6. The van der Waals surface area contributed by atoms with Crippen LogP contribution in [0.2, 0.25) is 0 Å². The Bertz CT molecular complexity index is 1640. The maximum absolute atomic E-state index is 12.8. The highest BCUT2D eigenvalue weighted by Gasteiger charge is 2.29. The van der Waals surface area contributed by atoms with Crippen molar-refractivity contribution in [2.24, 2.45) is 0 Å². The molecule has 0 spiro atoms. The molecule has 0 aliphatic heterocycles. The lowest BCUT2D eigenvalue weighted by molar-refractivity contribution is -0.142. The van der Waals surface area contributed by atoms with E-state index in [0.717, 1.165) is 29.7 Å². The van der Waals surface area contributed by atoms with E-state index in [1.807, 2.05) is 17.0 Å². The number of carbonyl (C=O) groups excluding carboxylic acids is 2. The Hall–Kier alpha value is -5.18. The van der Waals surface area contributed by atoms with E-state index in [-0.39, 0.29) is 36.6 Å². The number of fused-ring (bicyclic) bond motifs is 2. The van der Waals surface area contributed by atoms with Crippen LogP contribution < -0.4 is 21.1 Å². The molecule has 0 fully saturated rings. The summed E-state index contributed by atoms with van der Waals surface area (Å²) in [5, 5.41) is 23.6. The average molecular weight is 574 g/mol. The summed E-state index contributed by atoms with van der Waals surface area (Å²) in [5.41, 5.74) is 3.47. The predicted molar refractivity (Wildman–Crippen MR) is 154 cm³/mol. The van der Waals surface area contributed by atoms with Crippen molar-refractivity contribution in [2.75, 3.05) is 11.4 Å². The predicted octanol–water partition coefficient (Wildman–Crippen LogP) is 1.91. The van der Waals surface area contributed by atoms with Gasteiger partial charge in [-0.05, 0) is 80.6 Å². The number of nitrogens with one attached hydrogen (secondary N) is 3. The molecule has 42 heavy (non-hydrogen) atoms. The number of hydrogen-bond donors (Lipinski definition) is 5. The molecule has 12 heteroatoms. The summed E-state index contributed by atoms with van der Waals surface area (Å²) in [4.78, 5) is 69.2. The van der Waals surface area contributed by atoms with Gasteiger partial charge in [0.25, 0.3) is 11.5 Å². The van der Waals surface area contributed by atoms with Gasteiger partial charge in [0.1, 0.15) is 17.9 Å². The van der Waals surface area contributed by atoms with Crippen LogP contribution in [0.1, 0.15) is 59.5 Å². The van der Waals surface area contributed by atoms with Crippen LogP contribution in [0, 0.1) is 19.3 Å². The third-order valence-corrected chi connectivity index (χ3v) is 7.24. The van der Waals surface area contributed by atoms with Gasteiger partial charge in [-0.2, -0.15) is 0 Å². The Balaban J connectivity index is 1.48. The maximum atomic E-state index is 12.8. The standard InChI is InChI=1S/C30H31N5O7/c1-4-13-35(25-11-7-19-14-24-22(15-21(19)25)28(38)33-17(3)32-24)20-8-5-18(6-9-20)27(37)34-23(30(41)42)10-12-26(36)31-16(2)29(39)40/h1,5-6,8-9,14-16,23,25H,7,10-13H2,2-3H3,(H,31,36)(H,34,37)(H,39,40)(H,41,42)(H,32,33,38)/t16-,23+,25-/m1/s1. The molecule has 218 valence electrons. The number of terminal acetylenes is 1. The van der Waals surface area contributed by atoms with Gasteiger partial charge in [-0.3, -0.25) is 19.2 Å². The van der Waals surface area contributed by atoms with Crippen LogP contribution in [0.25, 0.3) is 10.9 Å². The highest BCUT2D eigenvalue weighted by atomic mass is 16.4. The molecule has 1 aliphatic rings. The fourth-order valence-corrected chi connectivity index (χ4v) is 5.09. The van der Waals surface area contributed by atoms with Crippen LogP contribution in [0.3, 0.4) is 0 Å². The largest absolute Gasteiger partial charge is 0.480 e. The third kappa shape index (κ3) is 6.58. The molecular formula is C30H31N5O7. The third-order valence-electron chi connectivity index (χ3n) is 7.24. The van der Waals surface area contributed by atoms with Crippen LogP contribution in [0.4, 0.5) is 5.69 Å². The summed E-state index contributed by atoms with van der Waals surface area (Å²) in [7, 11) is 0. The van der Waals surface area contributed by atoms with E-state index in [2.05, 4.69) is 26.5 Å². The van der Waals surface area contributed by atoms with Crippen molar-refractivity contribution in [1.29, 1.82) is 0 Å². The van der Waals surface area contributed by atoms with Crippen molar-refractivity contribution < 1.29 is 29.4 Å². The molecule has 5 N–H and O–H groups in total. The van der Waals surface area contributed by atoms with Crippen molar-refractivity contribution in [3.63, 3.8) is 0 Å². The van der Waals surface area contributed by atoms with Gasteiger partial charge in [0.05, 0.1) is 23.5 Å². The van der Waals surface area contributed by atoms with E-state index in [9.17, 15) is 29.1 Å². The smallest absolute Gasteiger partial charge is 0.326 e. The van der Waals surface area contributed by atoms with Crippen LogP contribution in [0.15, 0.2) is 41.2 Å². The molecule has 2 amide bonds. The molecule has 0 saturated heterocycles. The molecule has 0 saturated carbocycles. The van der Waals surface area contributed by atoms with E-state index in [4.69, 9.17) is 11.5 Å². The molecule has 1 aromatic heterocycles. The quantitative estimate of drug-likeness (QED) is 0.214. The summed E-state index contributed by atoms with van der Waals surface area (Å²) in [5.74, 6) is -0.592. The fourth-order valence-electron chi connectivity index (χ4n) is 5.09. The normalized spacial score (nSPS) is 15.2. The Morgan fingerprint density at radius 2 is 1.86 bits per heavy atom. The second-order valence-electron chi connectivity index (χ2n) is 10.2. The summed E-state index contributed by atoms with van der Waals surface area (Å²) in [6.07, 6.45) is 6.76. The molecular weight excluding hydrogens is 542 g/mol. The van der Waals surface area contributed by atoms with Gasteiger partial charge in [-0.1, -0.05) is 5.92 Å². The second kappa shape index (κ2) is 12.6. The van der Waals surface area contributed by atoms with Crippen LogP contribution in [-0.2, 0) is 20.8 Å². The molecule has 3 atom stereocenters. The monoisotopic (exact) mass is 573 g/mol. The number of carboxylic acids is 2. The van der Waals surface area contributed by atoms with Gasteiger partial charge >= 0.3 is 11.9 Å². The lowest BCUT2D eigenvalue weighted by Gasteiger charge is -2.30. The SMILES string of the molecule is C#CCN(c1ccc(C(=O)N[C@@H](CCC(=O)N[C@H](C)C(=O)O)C(=O)O)cc1)[C@@H]1CCc2cc3nc(C)[nH]c(=O)c3cc21. The average Bonchev–Trinajstić information content (AvgIpc) is 3.35. The summed E-state index contributed by atoms with van der Waals surface area (Å²) < 4.78 is 0. The molecule has 0 bridgehead atoms. The van der Waals surface area contributed by atoms with E-state index in [1.165, 1.54) is 6.92 Å². The van der Waals surface area contributed by atoms with Crippen LogP contribution in [-0.4, -0.2) is 62.6 Å². The van der Waals surface area contributed by atoms with E-state index in [1.54, 1.807) is 31.2 Å². The zero-order valence-electron chi connectivity index (χ0n) is 23.1. The number of aryl methyl sites for hydroxylation is 2. The first-order chi connectivity index (χ1) is 20.0. The number of amides is 2. The Kier molecular flexibility index (Phi) is 8.90. The number of aliphatic carboxylic acids is 2. The van der Waals surface area contributed by atoms with E-state index < -0.39 is 35.8 Å². The topological polar surface area (TPSA) is 182 Å². The minimum Gasteiger partial charge on any atom is -0.480 e. The van der Waals surface area contributed by atoms with Gasteiger partial charge in [0, 0.05) is 17.7 Å². The van der Waals surface area contributed by atoms with Gasteiger partial charge in [-0.15, -0.1) is 6.42 Å². The molecule has 3 aromatic rings. The van der Waals surface area contributed by atoms with Crippen molar-refractivity contribution in [3.8, 4) is 12.3 Å². The molecule has 12 nitrogen and oxygen atoms in total. The summed E-state index contributed by atoms with van der Waals surface area (Å²) in [6.45, 7) is 3.30. The number of benzene rings is 2. The van der Waals surface area contributed by atoms with E-state index >= 15 is 0 Å². The van der Waals surface area contributed by atoms with Crippen molar-refractivity contribution in [3.05, 3.63) is 69.3 Å². The first-order valence-electron chi connectivity index (χ1n) is 13.4. The zero-order valence-corrected chi connectivity index (χ0v) is 23.1. The number of carbonyl (C=O) groups is 4. The fraction of sp³-hybridized carbons (Fsp3) is 0.333. The number of aromatic amines is 1. The Morgan fingerprint density at radius 1 is 1.14 bits per heavy atom. The number of carboxylic acid groups (broad SMARTS) is 2. The Labute approximate surface area is 241 Å². The molecule has 0 unspecified atom stereocenters. The second-order valence-corrected chi connectivity index (χ2v) is 10.2. The van der Waals surface area contributed by atoms with Gasteiger partial charge in [0.2, 0.25) is 5.91 Å². The van der Waals surface area contributed by atoms with Crippen molar-refractivity contribution in [1.82, 2.24) is 20.6 Å². The first-order valence-corrected chi connectivity index (χ1v) is 13.4. The lowest BCUT2D eigenvalue weighted by atomic mass is 10.0. The van der Waals surface area contributed by atoms with Crippen molar-refractivity contribution in [2.45, 2.75) is 57.7 Å². The van der Waals surface area contributed by atoms with E-state index in [0.29, 0.717) is 16.7 Å². The van der Waals surface area contributed by atoms with Gasteiger partial charge < -0.3 is 30.7 Å². The summed E-state index contributed by atoms with van der Waals surface area (Å²) >= 11 is 0. The van der Waals surface area contributed by atoms with Gasteiger partial charge in [-0.25, -0.2) is 9.78 Å². The van der Waals surface area contributed by atoms with Crippen LogP contribution >= 0.6 is 0 Å². The minimum absolute atomic E-state index is 0.104. The number of hydrogen-bond acceptors (Lipinski definition) is 7. The van der Waals surface area contributed by atoms with Gasteiger partial charge in [0.15, 0.2) is 0 Å². The number of rotatable bonds is 11. The number of nitrogens with zero attached hydrogens (tertiary/aromatic N) is 2. The lowest BCUT2D eigenvalue weighted by Crippen LogP contribution is -2.43. The molecule has 4 rings (SSSR count). The summed E-state index contributed by atoms with van der Waals surface area (Å²) in [6, 6.07) is 7.80. The number of H-pyrrole nitrogens is 1. The first kappa shape index (κ1) is 29.8. The number of anilines is 1. The van der Waals surface area contributed by atoms with Crippen LogP contribution in [0.5, 0.6) is 0 Å². The molecule has 0 radical (unpaired) electrons. The number of aromatic nitrogens is 2. The minimum atomic E-state index is -1.35. The highest BCUT2D eigenvalue weighted by Crippen LogP contribution is 2.39. The highest BCUT2D eigenvalue weighted by molar-refractivity contribution is 5.97. The van der Waals surface area contributed by atoms with Crippen molar-refractivity contribution >= 4 is 40.3 Å².